The zero-order valence-corrected chi connectivity index (χ0v) is 11.4. The summed E-state index contributed by atoms with van der Waals surface area (Å²) in [6, 6.07) is 8.10. The maximum Gasteiger partial charge on any atom is 0.0634 e. The minimum absolute atomic E-state index is 0.262. The van der Waals surface area contributed by atoms with Crippen LogP contribution in [0.4, 0.5) is 0 Å². The van der Waals surface area contributed by atoms with Crippen molar-refractivity contribution < 1.29 is 5.11 Å². The van der Waals surface area contributed by atoms with Crippen molar-refractivity contribution in [2.75, 3.05) is 5.75 Å². The predicted molar refractivity (Wildman–Crippen MR) is 73.6 cm³/mol. The van der Waals surface area contributed by atoms with Gasteiger partial charge in [-0.15, -0.1) is 24.1 Å². The molecule has 1 aromatic rings. The zero-order valence-electron chi connectivity index (χ0n) is 9.03. The minimum atomic E-state index is -0.262. The fraction of sp³-hybridized carbons (Fsp3) is 0.385. The lowest BCUT2D eigenvalue weighted by Gasteiger charge is -2.09. The number of aliphatic hydroxyl groups excluding tert-OH is 1. The maximum absolute atomic E-state index is 9.69. The Morgan fingerprint density at radius 2 is 2.06 bits per heavy atom. The highest BCUT2D eigenvalue weighted by Gasteiger charge is 2.04. The molecule has 0 fully saturated rings. The summed E-state index contributed by atoms with van der Waals surface area (Å²) in [5, 5.41) is 9.69. The van der Waals surface area contributed by atoms with Gasteiger partial charge in [0.15, 0.2) is 0 Å². The average molecular weight is 299 g/mol. The molecule has 1 atom stereocenters. The lowest BCUT2D eigenvalue weighted by atomic mass is 10.2. The van der Waals surface area contributed by atoms with Crippen molar-refractivity contribution in [1.29, 1.82) is 0 Å². The van der Waals surface area contributed by atoms with E-state index in [-0.39, 0.29) is 6.10 Å². The second-order valence-electron chi connectivity index (χ2n) is 3.52. The lowest BCUT2D eigenvalue weighted by Crippen LogP contribution is -2.09. The van der Waals surface area contributed by atoms with Crippen LogP contribution >= 0.6 is 27.7 Å². The molecule has 1 nitrogen and oxygen atoms in total. The molecule has 1 aromatic carbocycles. The topological polar surface area (TPSA) is 20.2 Å². The second-order valence-corrected chi connectivity index (χ2v) is 5.52. The highest BCUT2D eigenvalue weighted by molar-refractivity contribution is 9.10. The molecule has 0 radical (unpaired) electrons. The van der Waals surface area contributed by atoms with Gasteiger partial charge >= 0.3 is 0 Å². The van der Waals surface area contributed by atoms with Crippen LogP contribution in [0.3, 0.4) is 0 Å². The lowest BCUT2D eigenvalue weighted by molar-refractivity contribution is 0.187. The molecule has 1 rings (SSSR count). The largest absolute Gasteiger partial charge is 0.392 e. The van der Waals surface area contributed by atoms with Gasteiger partial charge in [-0.1, -0.05) is 15.9 Å². The van der Waals surface area contributed by atoms with Crippen LogP contribution in [0.15, 0.2) is 33.6 Å². The van der Waals surface area contributed by atoms with Gasteiger partial charge in [0.1, 0.15) is 0 Å². The van der Waals surface area contributed by atoms with E-state index in [0.29, 0.717) is 0 Å². The van der Waals surface area contributed by atoms with Gasteiger partial charge in [-0.2, -0.15) is 0 Å². The van der Waals surface area contributed by atoms with E-state index in [1.807, 2.05) is 24.3 Å². The Morgan fingerprint density at radius 3 is 2.69 bits per heavy atom. The number of benzene rings is 1. The first-order chi connectivity index (χ1) is 7.72. The summed E-state index contributed by atoms with van der Waals surface area (Å²) in [4.78, 5) is 1.18. The predicted octanol–water partition coefficient (Wildman–Crippen LogP) is 3.71. The highest BCUT2D eigenvalue weighted by Crippen LogP contribution is 2.22. The zero-order chi connectivity index (χ0) is 11.8. The van der Waals surface area contributed by atoms with Gasteiger partial charge in [0.05, 0.1) is 6.10 Å². The molecular weight excluding hydrogens is 284 g/mol. The van der Waals surface area contributed by atoms with Gasteiger partial charge in [-0.25, -0.2) is 0 Å². The first-order valence-corrected chi connectivity index (χ1v) is 7.00. The molecule has 0 saturated heterocycles. The van der Waals surface area contributed by atoms with E-state index in [2.05, 4.69) is 21.9 Å². The van der Waals surface area contributed by atoms with Gasteiger partial charge < -0.3 is 5.11 Å². The molecule has 1 N–H and O–H groups in total. The SMILES string of the molecule is C#CCCCC(O)CSc1ccc(Br)cc1. The fourth-order valence-electron chi connectivity index (χ4n) is 1.25. The number of hydrogen-bond acceptors (Lipinski definition) is 2. The van der Waals surface area contributed by atoms with E-state index >= 15 is 0 Å². The Bertz CT molecular complexity index is 342. The monoisotopic (exact) mass is 298 g/mol. The van der Waals surface area contributed by atoms with Gasteiger partial charge in [0.25, 0.3) is 0 Å². The average Bonchev–Trinajstić information content (AvgIpc) is 2.29. The highest BCUT2D eigenvalue weighted by atomic mass is 79.9. The number of aliphatic hydroxyl groups is 1. The summed E-state index contributed by atoms with van der Waals surface area (Å²) >= 11 is 5.06. The number of halogens is 1. The summed E-state index contributed by atoms with van der Waals surface area (Å²) < 4.78 is 1.08. The summed E-state index contributed by atoms with van der Waals surface area (Å²) in [6.45, 7) is 0. The van der Waals surface area contributed by atoms with Crippen LogP contribution in [0, 0.1) is 12.3 Å². The summed E-state index contributed by atoms with van der Waals surface area (Å²) in [6.07, 6.45) is 7.33. The molecule has 0 aliphatic rings. The first kappa shape index (κ1) is 13.6. The van der Waals surface area contributed by atoms with Crippen LogP contribution in [-0.2, 0) is 0 Å². The Hall–Kier alpha value is -0.430. The number of rotatable bonds is 6. The molecule has 0 aliphatic heterocycles. The van der Waals surface area contributed by atoms with Gasteiger partial charge in [0, 0.05) is 21.5 Å². The third kappa shape index (κ3) is 5.60. The Balaban J connectivity index is 2.23. The second kappa shape index (κ2) is 7.78. The summed E-state index contributed by atoms with van der Waals surface area (Å²) in [5.74, 6) is 3.31. The molecule has 16 heavy (non-hydrogen) atoms. The van der Waals surface area contributed by atoms with Crippen molar-refractivity contribution in [3.63, 3.8) is 0 Å². The molecule has 0 aromatic heterocycles. The van der Waals surface area contributed by atoms with Crippen LogP contribution in [0.2, 0.25) is 0 Å². The van der Waals surface area contributed by atoms with E-state index in [9.17, 15) is 5.11 Å². The molecular formula is C13H15BrOS. The molecule has 0 heterocycles. The third-order valence-electron chi connectivity index (χ3n) is 2.11. The molecule has 0 spiro atoms. The number of thioether (sulfide) groups is 1. The quantitative estimate of drug-likeness (QED) is 0.491. The molecule has 0 aliphatic carbocycles. The standard InChI is InChI=1S/C13H15BrOS/c1-2-3-4-5-12(15)10-16-13-8-6-11(14)7-9-13/h1,6-9,12,15H,3-5,10H2. The van der Waals surface area contributed by atoms with Crippen LogP contribution in [0.25, 0.3) is 0 Å². The summed E-state index contributed by atoms with van der Waals surface area (Å²) in [7, 11) is 0. The Kier molecular flexibility index (Phi) is 6.63. The number of hydrogen-bond donors (Lipinski definition) is 1. The summed E-state index contributed by atoms with van der Waals surface area (Å²) in [5.41, 5.74) is 0. The molecule has 0 bridgehead atoms. The van der Waals surface area contributed by atoms with Crippen LogP contribution in [-0.4, -0.2) is 17.0 Å². The van der Waals surface area contributed by atoms with Crippen molar-refractivity contribution in [1.82, 2.24) is 0 Å². The van der Waals surface area contributed by atoms with Gasteiger partial charge in [-0.3, -0.25) is 0 Å². The molecule has 0 amide bonds. The van der Waals surface area contributed by atoms with Gasteiger partial charge in [0.2, 0.25) is 0 Å². The Morgan fingerprint density at radius 1 is 1.38 bits per heavy atom. The van der Waals surface area contributed by atoms with Crippen molar-refractivity contribution in [2.45, 2.75) is 30.3 Å². The van der Waals surface area contributed by atoms with Crippen LogP contribution < -0.4 is 0 Å². The van der Waals surface area contributed by atoms with Crippen LogP contribution in [0.1, 0.15) is 19.3 Å². The molecule has 1 unspecified atom stereocenters. The third-order valence-corrected chi connectivity index (χ3v) is 3.80. The Labute approximate surface area is 110 Å². The van der Waals surface area contributed by atoms with Crippen molar-refractivity contribution in [3.8, 4) is 12.3 Å². The van der Waals surface area contributed by atoms with Crippen molar-refractivity contribution in [2.24, 2.45) is 0 Å². The molecule has 0 saturated carbocycles. The van der Waals surface area contributed by atoms with Crippen molar-refractivity contribution in [3.05, 3.63) is 28.7 Å². The first-order valence-electron chi connectivity index (χ1n) is 5.22. The fourth-order valence-corrected chi connectivity index (χ4v) is 2.39. The van der Waals surface area contributed by atoms with E-state index in [0.717, 1.165) is 29.5 Å². The van der Waals surface area contributed by atoms with Gasteiger partial charge in [-0.05, 0) is 37.1 Å². The molecule has 86 valence electrons. The van der Waals surface area contributed by atoms with Crippen molar-refractivity contribution >= 4 is 27.7 Å². The normalized spacial score (nSPS) is 12.1. The minimum Gasteiger partial charge on any atom is -0.392 e. The van der Waals surface area contributed by atoms with E-state index in [1.165, 1.54) is 4.90 Å². The smallest absolute Gasteiger partial charge is 0.0634 e. The van der Waals surface area contributed by atoms with E-state index < -0.39 is 0 Å². The molecule has 3 heteroatoms. The van der Waals surface area contributed by atoms with Crippen LogP contribution in [0.5, 0.6) is 0 Å². The number of terminal acetylenes is 1. The van der Waals surface area contributed by atoms with E-state index in [4.69, 9.17) is 6.42 Å². The maximum atomic E-state index is 9.69. The van der Waals surface area contributed by atoms with E-state index in [1.54, 1.807) is 11.8 Å². The number of unbranched alkanes of at least 4 members (excludes halogenated alkanes) is 1.